The van der Waals surface area contributed by atoms with Crippen LogP contribution in [0, 0.1) is 17.8 Å². The van der Waals surface area contributed by atoms with Gasteiger partial charge in [-0.25, -0.2) is 14.4 Å². The number of aliphatic carboxylic acids is 2. The summed E-state index contributed by atoms with van der Waals surface area (Å²) in [4.78, 5) is 48.8. The lowest BCUT2D eigenvalue weighted by atomic mass is 9.89. The third-order valence-corrected chi connectivity index (χ3v) is 5.69. The van der Waals surface area contributed by atoms with E-state index in [2.05, 4.69) is 16.0 Å². The van der Waals surface area contributed by atoms with Gasteiger partial charge in [-0.05, 0) is 38.8 Å². The van der Waals surface area contributed by atoms with E-state index < -0.39 is 59.0 Å². The number of anilines is 1. The highest BCUT2D eigenvalue weighted by Crippen LogP contribution is 2.62. The molecule has 2 fully saturated rings. The molecule has 1 aromatic rings. The smallest absolute Gasteiger partial charge is 0.408 e. The lowest BCUT2D eigenvalue weighted by Gasteiger charge is -2.31. The van der Waals surface area contributed by atoms with Crippen LogP contribution in [0.3, 0.4) is 0 Å². The van der Waals surface area contributed by atoms with Gasteiger partial charge in [-0.3, -0.25) is 4.79 Å². The van der Waals surface area contributed by atoms with E-state index in [1.165, 1.54) is 7.11 Å². The molecule has 32 heavy (non-hydrogen) atoms. The Labute approximate surface area is 184 Å². The third kappa shape index (κ3) is 4.56. The van der Waals surface area contributed by atoms with Gasteiger partial charge in [0.2, 0.25) is 0 Å². The summed E-state index contributed by atoms with van der Waals surface area (Å²) in [6, 6.07) is 5.22. The fraction of sp³-hybridized carbons (Fsp3) is 0.524. The average molecular weight is 449 g/mol. The monoisotopic (exact) mass is 449 g/mol. The standard InChI is InChI=1S/C21H27N3O8/c1-20(2,3)32-19(30)24-21(17(27)28)9-12(13-14(15(13)21)16(25)26)23-18(29)22-10-6-5-7-11(8-10)31-4/h5-8,12-15H,9H2,1-4H3,(H,24,30)(H,25,26)(H,27,28)(H2,22,23,29). The SMILES string of the molecule is COc1cccc(NC(=O)NC2CC(NC(=O)OC(C)(C)C)(C(=O)O)C3C(C(=O)O)C23)c1. The first-order valence-electron chi connectivity index (χ1n) is 10.1. The second-order valence-electron chi connectivity index (χ2n) is 9.01. The van der Waals surface area contributed by atoms with Crippen LogP contribution >= 0.6 is 0 Å². The number of alkyl carbamates (subject to hydrolysis) is 1. The van der Waals surface area contributed by atoms with Gasteiger partial charge in [-0.2, -0.15) is 0 Å². The molecular weight excluding hydrogens is 422 g/mol. The Morgan fingerprint density at radius 2 is 1.84 bits per heavy atom. The molecule has 1 aromatic carbocycles. The number of nitrogens with one attached hydrogen (secondary N) is 3. The number of hydrogen-bond donors (Lipinski definition) is 5. The van der Waals surface area contributed by atoms with Crippen LogP contribution in [-0.4, -0.2) is 58.6 Å². The van der Waals surface area contributed by atoms with E-state index in [4.69, 9.17) is 9.47 Å². The second-order valence-corrected chi connectivity index (χ2v) is 9.01. The van der Waals surface area contributed by atoms with E-state index in [0.717, 1.165) is 0 Å². The minimum Gasteiger partial charge on any atom is -0.497 e. The van der Waals surface area contributed by atoms with Gasteiger partial charge in [0.05, 0.1) is 13.0 Å². The van der Waals surface area contributed by atoms with Crippen LogP contribution in [0.25, 0.3) is 0 Å². The molecular formula is C21H27N3O8. The highest BCUT2D eigenvalue weighted by atomic mass is 16.6. The molecule has 5 unspecified atom stereocenters. The van der Waals surface area contributed by atoms with Gasteiger partial charge in [-0.1, -0.05) is 6.07 Å². The number of carbonyl (C=O) groups excluding carboxylic acids is 2. The van der Waals surface area contributed by atoms with Crippen LogP contribution in [-0.2, 0) is 14.3 Å². The molecule has 3 amide bonds. The molecule has 0 aromatic heterocycles. The number of carbonyl (C=O) groups is 4. The minimum absolute atomic E-state index is 0.174. The molecule has 0 bridgehead atoms. The molecule has 0 saturated heterocycles. The predicted octanol–water partition coefficient (Wildman–Crippen LogP) is 1.88. The number of ether oxygens (including phenoxy) is 2. The Morgan fingerprint density at radius 1 is 1.16 bits per heavy atom. The van der Waals surface area contributed by atoms with E-state index >= 15 is 0 Å². The number of rotatable bonds is 6. The topological polar surface area (TPSA) is 163 Å². The summed E-state index contributed by atoms with van der Waals surface area (Å²) in [6.45, 7) is 4.88. The molecule has 0 spiro atoms. The van der Waals surface area contributed by atoms with Gasteiger partial charge in [0.1, 0.15) is 16.9 Å². The van der Waals surface area contributed by atoms with E-state index in [0.29, 0.717) is 11.4 Å². The van der Waals surface area contributed by atoms with Crippen molar-refractivity contribution in [3.8, 4) is 5.75 Å². The molecule has 0 radical (unpaired) electrons. The van der Waals surface area contributed by atoms with Gasteiger partial charge < -0.3 is 35.6 Å². The zero-order chi connectivity index (χ0) is 23.8. The van der Waals surface area contributed by atoms with E-state index in [-0.39, 0.29) is 6.42 Å². The quantitative estimate of drug-likeness (QED) is 0.439. The van der Waals surface area contributed by atoms with Gasteiger partial charge in [0.25, 0.3) is 0 Å². The summed E-state index contributed by atoms with van der Waals surface area (Å²) >= 11 is 0. The van der Waals surface area contributed by atoms with Crippen LogP contribution in [0.4, 0.5) is 15.3 Å². The van der Waals surface area contributed by atoms with Crippen molar-refractivity contribution >= 4 is 29.8 Å². The zero-order valence-corrected chi connectivity index (χ0v) is 18.2. The molecule has 2 saturated carbocycles. The van der Waals surface area contributed by atoms with Crippen LogP contribution < -0.4 is 20.7 Å². The number of methoxy groups -OCH3 is 1. The molecule has 11 nitrogen and oxygen atoms in total. The number of amides is 3. The fourth-order valence-electron chi connectivity index (χ4n) is 4.49. The number of benzene rings is 1. The summed E-state index contributed by atoms with van der Waals surface area (Å²) in [5.74, 6) is -4.57. The van der Waals surface area contributed by atoms with Gasteiger partial charge in [-0.15, -0.1) is 0 Å². The maximum atomic E-state index is 12.5. The molecule has 3 rings (SSSR count). The van der Waals surface area contributed by atoms with Crippen LogP contribution in [0.2, 0.25) is 0 Å². The number of hydrogen-bond acceptors (Lipinski definition) is 6. The van der Waals surface area contributed by atoms with Crippen LogP contribution in [0.15, 0.2) is 24.3 Å². The van der Waals surface area contributed by atoms with Crippen molar-refractivity contribution in [2.75, 3.05) is 12.4 Å². The van der Waals surface area contributed by atoms with Gasteiger partial charge in [0, 0.05) is 30.1 Å². The van der Waals surface area contributed by atoms with E-state index in [9.17, 15) is 29.4 Å². The Hall–Kier alpha value is -3.50. The molecule has 174 valence electrons. The third-order valence-electron chi connectivity index (χ3n) is 5.69. The average Bonchev–Trinajstić information content (AvgIpc) is 3.34. The van der Waals surface area contributed by atoms with Crippen molar-refractivity contribution in [3.05, 3.63) is 24.3 Å². The normalized spacial score (nSPS) is 28.1. The fourth-order valence-corrected chi connectivity index (χ4v) is 4.49. The highest BCUT2D eigenvalue weighted by molar-refractivity contribution is 5.92. The first kappa shape index (κ1) is 23.2. The van der Waals surface area contributed by atoms with E-state index in [1.54, 1.807) is 45.0 Å². The summed E-state index contributed by atoms with van der Waals surface area (Å²) in [5, 5.41) is 27.2. The second kappa shape index (κ2) is 8.21. The van der Waals surface area contributed by atoms with Crippen molar-refractivity contribution in [1.82, 2.24) is 10.6 Å². The van der Waals surface area contributed by atoms with Gasteiger partial charge in [0.15, 0.2) is 0 Å². The predicted molar refractivity (Wildman–Crippen MR) is 111 cm³/mol. The summed E-state index contributed by atoms with van der Waals surface area (Å²) < 4.78 is 10.3. The molecule has 2 aliphatic carbocycles. The van der Waals surface area contributed by atoms with E-state index in [1.807, 2.05) is 0 Å². The molecule has 5 atom stereocenters. The number of carboxylic acids is 2. The van der Waals surface area contributed by atoms with Crippen molar-refractivity contribution in [1.29, 1.82) is 0 Å². The van der Waals surface area contributed by atoms with Crippen LogP contribution in [0.1, 0.15) is 27.2 Å². The number of urea groups is 1. The molecule has 5 N–H and O–H groups in total. The van der Waals surface area contributed by atoms with Crippen molar-refractivity contribution < 1.29 is 38.9 Å². The summed E-state index contributed by atoms with van der Waals surface area (Å²) in [7, 11) is 1.49. The number of fused-ring (bicyclic) bond motifs is 1. The molecule has 0 aliphatic heterocycles. The van der Waals surface area contributed by atoms with Gasteiger partial charge >= 0.3 is 24.1 Å². The van der Waals surface area contributed by atoms with Crippen molar-refractivity contribution in [2.45, 2.75) is 44.4 Å². The molecule has 2 aliphatic rings. The first-order valence-corrected chi connectivity index (χ1v) is 10.1. The maximum Gasteiger partial charge on any atom is 0.408 e. The first-order chi connectivity index (χ1) is 14.9. The Bertz CT molecular complexity index is 943. The largest absolute Gasteiger partial charge is 0.497 e. The Kier molecular flexibility index (Phi) is 5.94. The van der Waals surface area contributed by atoms with Crippen LogP contribution in [0.5, 0.6) is 5.75 Å². The highest BCUT2D eigenvalue weighted by Gasteiger charge is 2.76. The maximum absolute atomic E-state index is 12.5. The Morgan fingerprint density at radius 3 is 2.41 bits per heavy atom. The molecule has 0 heterocycles. The Balaban J connectivity index is 1.77. The minimum atomic E-state index is -1.87. The lowest BCUT2D eigenvalue weighted by Crippen LogP contribution is -2.58. The van der Waals surface area contributed by atoms with Crippen molar-refractivity contribution in [2.24, 2.45) is 17.8 Å². The summed E-state index contributed by atoms with van der Waals surface area (Å²) in [5.41, 5.74) is -2.30. The lowest BCUT2D eigenvalue weighted by molar-refractivity contribution is -0.147. The number of carboxylic acid groups (broad SMARTS) is 2. The zero-order valence-electron chi connectivity index (χ0n) is 18.2. The molecule has 11 heteroatoms. The van der Waals surface area contributed by atoms with Crippen molar-refractivity contribution in [3.63, 3.8) is 0 Å². The summed E-state index contributed by atoms with van der Waals surface area (Å²) in [6.07, 6.45) is -1.14.